The van der Waals surface area contributed by atoms with Crippen molar-refractivity contribution in [1.29, 1.82) is 0 Å². The summed E-state index contributed by atoms with van der Waals surface area (Å²) < 4.78 is 19.6. The Morgan fingerprint density at radius 1 is 1.09 bits per heavy atom. The zero-order valence-corrected chi connectivity index (χ0v) is 27.8. The fourth-order valence-corrected chi connectivity index (χ4v) is 6.87. The van der Waals surface area contributed by atoms with Gasteiger partial charge in [-0.15, -0.1) is 0 Å². The monoisotopic (exact) mass is 720 g/mol. The molecule has 0 aliphatic carbocycles. The highest BCUT2D eigenvalue weighted by molar-refractivity contribution is 9.10. The summed E-state index contributed by atoms with van der Waals surface area (Å²) in [6, 6.07) is 15.1. The second-order valence-electron chi connectivity index (χ2n) is 9.41. The molecule has 1 aliphatic rings. The number of hydrogen-bond acceptors (Lipinski definition) is 7. The van der Waals surface area contributed by atoms with E-state index in [0.717, 1.165) is 5.56 Å². The molecule has 12 heteroatoms. The lowest BCUT2D eigenvalue weighted by Gasteiger charge is -2.24. The molecule has 0 radical (unpaired) electrons. The average Bonchev–Trinajstić information content (AvgIpc) is 3.26. The van der Waals surface area contributed by atoms with Crippen LogP contribution in [0.4, 0.5) is 0 Å². The van der Waals surface area contributed by atoms with Gasteiger partial charge in [0.1, 0.15) is 6.61 Å². The van der Waals surface area contributed by atoms with E-state index in [-0.39, 0.29) is 18.8 Å². The first-order chi connectivity index (χ1) is 20.6. The fourth-order valence-electron chi connectivity index (χ4n) is 4.66. The molecule has 0 unspecified atom stereocenters. The molecule has 1 aliphatic heterocycles. The molecule has 2 heterocycles. The van der Waals surface area contributed by atoms with E-state index >= 15 is 0 Å². The van der Waals surface area contributed by atoms with Gasteiger partial charge in [-0.05, 0) is 83.4 Å². The van der Waals surface area contributed by atoms with E-state index in [1.807, 2.05) is 6.07 Å². The van der Waals surface area contributed by atoms with Gasteiger partial charge in [0.25, 0.3) is 5.56 Å². The molecule has 0 fully saturated rings. The van der Waals surface area contributed by atoms with Crippen molar-refractivity contribution in [2.45, 2.75) is 26.5 Å². The minimum Gasteiger partial charge on any atom is -0.493 e. The first-order valence-electron chi connectivity index (χ1n) is 13.0. The van der Waals surface area contributed by atoms with E-state index in [1.54, 1.807) is 68.5 Å². The van der Waals surface area contributed by atoms with Crippen molar-refractivity contribution in [3.63, 3.8) is 0 Å². The number of nitrogens with zero attached hydrogens (tertiary/aromatic N) is 2. The minimum absolute atomic E-state index is 0.190. The highest BCUT2D eigenvalue weighted by Gasteiger charge is 2.33. The largest absolute Gasteiger partial charge is 0.493 e. The number of benzene rings is 3. The Morgan fingerprint density at radius 2 is 1.81 bits per heavy atom. The number of aromatic nitrogens is 1. The highest BCUT2D eigenvalue weighted by atomic mass is 79.9. The number of rotatable bonds is 8. The first kappa shape index (κ1) is 31.3. The van der Waals surface area contributed by atoms with Crippen LogP contribution in [-0.2, 0) is 16.1 Å². The Hall–Kier alpha value is -3.08. The van der Waals surface area contributed by atoms with Crippen LogP contribution in [-0.4, -0.2) is 24.3 Å². The normalized spacial score (nSPS) is 14.8. The molecule has 4 aromatic rings. The van der Waals surface area contributed by atoms with Gasteiger partial charge in [0.15, 0.2) is 16.3 Å². The van der Waals surface area contributed by atoms with E-state index in [1.165, 1.54) is 23.0 Å². The second-order valence-corrected chi connectivity index (χ2v) is 12.6. The predicted molar refractivity (Wildman–Crippen MR) is 173 cm³/mol. The van der Waals surface area contributed by atoms with Gasteiger partial charge in [-0.25, -0.2) is 9.79 Å². The second kappa shape index (κ2) is 13.3. The van der Waals surface area contributed by atoms with Crippen LogP contribution in [0.2, 0.25) is 15.1 Å². The maximum Gasteiger partial charge on any atom is 0.338 e. The molecule has 5 rings (SSSR count). The van der Waals surface area contributed by atoms with Crippen LogP contribution >= 0.6 is 62.1 Å². The third-order valence-corrected chi connectivity index (χ3v) is 9.05. The minimum atomic E-state index is -0.730. The van der Waals surface area contributed by atoms with Gasteiger partial charge in [0.2, 0.25) is 0 Å². The summed E-state index contributed by atoms with van der Waals surface area (Å²) in [6.45, 7) is 3.85. The van der Waals surface area contributed by atoms with Crippen molar-refractivity contribution < 1.29 is 19.0 Å². The van der Waals surface area contributed by atoms with Gasteiger partial charge < -0.3 is 14.2 Å². The van der Waals surface area contributed by atoms with Gasteiger partial charge in [-0.2, -0.15) is 0 Å². The summed E-state index contributed by atoms with van der Waals surface area (Å²) in [7, 11) is 1.54. The van der Waals surface area contributed by atoms with E-state index in [0.29, 0.717) is 62.8 Å². The molecule has 0 saturated carbocycles. The summed E-state index contributed by atoms with van der Waals surface area (Å²) in [4.78, 5) is 32.1. The van der Waals surface area contributed by atoms with Gasteiger partial charge >= 0.3 is 5.97 Å². The molecule has 3 aromatic carbocycles. The van der Waals surface area contributed by atoms with Crippen LogP contribution in [0.5, 0.6) is 11.5 Å². The summed E-state index contributed by atoms with van der Waals surface area (Å²) in [5.41, 5.74) is 2.65. The Balaban J connectivity index is 1.56. The Bertz CT molecular complexity index is 1940. The van der Waals surface area contributed by atoms with Crippen LogP contribution < -0.4 is 24.4 Å². The van der Waals surface area contributed by atoms with E-state index in [2.05, 4.69) is 20.9 Å². The van der Waals surface area contributed by atoms with Crippen LogP contribution in [0.25, 0.3) is 6.08 Å². The molecule has 0 N–H and O–H groups in total. The van der Waals surface area contributed by atoms with Crippen molar-refractivity contribution in [2.24, 2.45) is 4.99 Å². The van der Waals surface area contributed by atoms with Crippen LogP contribution in [0.15, 0.2) is 80.1 Å². The quantitative estimate of drug-likeness (QED) is 0.181. The van der Waals surface area contributed by atoms with Crippen molar-refractivity contribution >= 4 is 74.1 Å². The molecule has 0 spiro atoms. The number of carbonyl (C=O) groups excluding carboxylic acids is 1. The van der Waals surface area contributed by atoms with Crippen molar-refractivity contribution in [2.75, 3.05) is 13.7 Å². The maximum atomic E-state index is 13.9. The van der Waals surface area contributed by atoms with E-state index in [9.17, 15) is 9.59 Å². The topological polar surface area (TPSA) is 79.1 Å². The third kappa shape index (κ3) is 6.56. The van der Waals surface area contributed by atoms with Crippen LogP contribution in [0, 0.1) is 0 Å². The lowest BCUT2D eigenvalue weighted by Crippen LogP contribution is -2.39. The number of halogens is 4. The number of fused-ring (bicyclic) bond motifs is 1. The Morgan fingerprint density at radius 3 is 2.49 bits per heavy atom. The third-order valence-electron chi connectivity index (χ3n) is 6.64. The number of hydrogen-bond donors (Lipinski definition) is 0. The Labute approximate surface area is 274 Å². The number of methoxy groups -OCH3 is 1. The molecular formula is C31H24BrCl3N2O5S. The molecule has 0 amide bonds. The fraction of sp³-hybridized carbons (Fsp3) is 0.194. The molecule has 7 nitrogen and oxygen atoms in total. The molecule has 0 saturated heterocycles. The maximum absolute atomic E-state index is 13.9. The standard InChI is InChI=1S/C31H24BrCl3N2O5S/c1-4-41-30(39)26-16(2)36-31-37(27(26)18-5-8-20(33)9-6-18)29(38)25(43-31)13-17-11-22(32)28(24(12-17)40-3)42-15-19-7-10-21(34)14-23(19)35/h5-14,27H,4,15H2,1-3H3/b25-13-/t27-/m0/s1. The summed E-state index contributed by atoms with van der Waals surface area (Å²) in [6.07, 6.45) is 1.75. The number of carbonyl (C=O) groups is 1. The van der Waals surface area contributed by atoms with Crippen LogP contribution in [0.1, 0.15) is 36.6 Å². The SMILES string of the molecule is CCOC(=O)C1=C(C)N=c2s/c(=C\c3cc(Br)c(OCc4ccc(Cl)cc4Cl)c(OC)c3)c(=O)n2[C@H]1c1ccc(Cl)cc1. The van der Waals surface area contributed by atoms with E-state index in [4.69, 9.17) is 49.0 Å². The lowest BCUT2D eigenvalue weighted by molar-refractivity contribution is -0.139. The zero-order valence-electron chi connectivity index (χ0n) is 23.1. The Kier molecular flexibility index (Phi) is 9.68. The van der Waals surface area contributed by atoms with Crippen LogP contribution in [0.3, 0.4) is 0 Å². The number of allylic oxidation sites excluding steroid dienone is 1. The molecule has 222 valence electrons. The highest BCUT2D eigenvalue weighted by Crippen LogP contribution is 2.38. The van der Waals surface area contributed by atoms with Gasteiger partial charge in [-0.3, -0.25) is 9.36 Å². The predicted octanol–water partition coefficient (Wildman–Crippen LogP) is 7.11. The van der Waals surface area contributed by atoms with E-state index < -0.39 is 12.0 Å². The molecule has 1 aromatic heterocycles. The summed E-state index contributed by atoms with van der Waals surface area (Å²) in [5.74, 6) is 0.407. The number of ether oxygens (including phenoxy) is 3. The smallest absolute Gasteiger partial charge is 0.338 e. The summed E-state index contributed by atoms with van der Waals surface area (Å²) in [5, 5.41) is 1.57. The molecular weight excluding hydrogens is 699 g/mol. The van der Waals surface area contributed by atoms with Gasteiger partial charge in [0.05, 0.1) is 40.0 Å². The number of thiazole rings is 1. The van der Waals surface area contributed by atoms with Gasteiger partial charge in [0, 0.05) is 20.6 Å². The number of esters is 1. The molecule has 43 heavy (non-hydrogen) atoms. The molecule has 0 bridgehead atoms. The zero-order chi connectivity index (χ0) is 30.8. The average molecular weight is 723 g/mol. The van der Waals surface area contributed by atoms with Gasteiger partial charge in [-0.1, -0.05) is 64.3 Å². The van der Waals surface area contributed by atoms with Crippen molar-refractivity contribution in [3.8, 4) is 11.5 Å². The first-order valence-corrected chi connectivity index (χ1v) is 15.7. The van der Waals surface area contributed by atoms with Crippen molar-refractivity contribution in [1.82, 2.24) is 4.57 Å². The lowest BCUT2D eigenvalue weighted by atomic mass is 9.96. The molecule has 1 atom stereocenters. The van der Waals surface area contributed by atoms with Crippen molar-refractivity contribution in [3.05, 3.63) is 122 Å². The summed E-state index contributed by atoms with van der Waals surface area (Å²) >= 11 is 23.3.